The van der Waals surface area contributed by atoms with Crippen molar-refractivity contribution >= 4 is 67.9 Å². The molecule has 2 heterocycles. The molecule has 0 saturated heterocycles. The molecule has 146 valence electrons. The Morgan fingerprint density at radius 2 is 1.93 bits per heavy atom. The summed E-state index contributed by atoms with van der Waals surface area (Å²) in [5.74, 6) is 0.631. The molecule has 0 N–H and O–H groups in total. The number of ether oxygens (including phenoxy) is 1. The van der Waals surface area contributed by atoms with Gasteiger partial charge in [0.2, 0.25) is 0 Å². The minimum absolute atomic E-state index is 0. The van der Waals surface area contributed by atoms with E-state index in [1.165, 1.54) is 22.7 Å². The molecule has 27 heavy (non-hydrogen) atoms. The van der Waals surface area contributed by atoms with Gasteiger partial charge in [-0.25, -0.2) is 4.98 Å². The van der Waals surface area contributed by atoms with E-state index in [0.717, 1.165) is 22.3 Å². The van der Waals surface area contributed by atoms with E-state index in [4.69, 9.17) is 21.3 Å². The number of fused-ring (bicyclic) bond motifs is 1. The molecule has 0 unspecified atom stereocenters. The molecule has 0 radical (unpaired) electrons. The maximum Gasteiger partial charge on any atom is 0.270 e. The maximum atomic E-state index is 13.1. The zero-order valence-corrected chi connectivity index (χ0v) is 18.7. The zero-order valence-electron chi connectivity index (χ0n) is 15.5. The highest BCUT2D eigenvalue weighted by Gasteiger charge is 2.24. The third kappa shape index (κ3) is 4.73. The Balaban J connectivity index is 0.00000261. The fourth-order valence-electron chi connectivity index (χ4n) is 2.52. The maximum absolute atomic E-state index is 13.1. The second-order valence-corrected chi connectivity index (χ2v) is 8.82. The number of anilines is 1. The Kier molecular flexibility index (Phi) is 7.47. The van der Waals surface area contributed by atoms with Crippen LogP contribution in [0, 0.1) is 6.92 Å². The second kappa shape index (κ2) is 9.21. The lowest BCUT2D eigenvalue weighted by Crippen LogP contribution is -2.36. The van der Waals surface area contributed by atoms with Crippen LogP contribution in [0.25, 0.3) is 10.2 Å². The van der Waals surface area contributed by atoms with Crippen molar-refractivity contribution in [2.45, 2.75) is 6.92 Å². The largest absolute Gasteiger partial charge is 0.494 e. The monoisotopic (exact) mass is 445 g/mol. The highest BCUT2D eigenvalue weighted by molar-refractivity contribution is 7.22. The Labute approximate surface area is 177 Å². The van der Waals surface area contributed by atoms with Crippen molar-refractivity contribution in [3.05, 3.63) is 39.0 Å². The first-order valence-electron chi connectivity index (χ1n) is 8.06. The van der Waals surface area contributed by atoms with Crippen molar-refractivity contribution in [3.8, 4) is 5.75 Å². The van der Waals surface area contributed by atoms with Gasteiger partial charge in [0, 0.05) is 13.1 Å². The number of halogens is 2. The van der Waals surface area contributed by atoms with Crippen LogP contribution in [0.4, 0.5) is 5.13 Å². The molecular weight excluding hydrogens is 425 g/mol. The number of carbonyl (C=O) groups is 1. The first kappa shape index (κ1) is 21.9. The van der Waals surface area contributed by atoms with E-state index in [1.807, 2.05) is 38.1 Å². The Morgan fingerprint density at radius 1 is 1.19 bits per heavy atom. The summed E-state index contributed by atoms with van der Waals surface area (Å²) in [6.07, 6.45) is 0. The van der Waals surface area contributed by atoms with Gasteiger partial charge < -0.3 is 9.64 Å². The number of thiazole rings is 1. The predicted molar refractivity (Wildman–Crippen MR) is 118 cm³/mol. The van der Waals surface area contributed by atoms with Crippen LogP contribution in [0.5, 0.6) is 5.75 Å². The fraction of sp³-hybridized carbons (Fsp3) is 0.333. The number of aryl methyl sites for hydroxylation is 1. The molecule has 0 aliphatic heterocycles. The second-order valence-electron chi connectivity index (χ2n) is 6.12. The van der Waals surface area contributed by atoms with Crippen LogP contribution in [0.1, 0.15) is 15.2 Å². The molecule has 0 atom stereocenters. The number of methoxy groups -OCH3 is 1. The highest BCUT2D eigenvalue weighted by Crippen LogP contribution is 2.37. The van der Waals surface area contributed by atoms with Crippen LogP contribution < -0.4 is 9.64 Å². The summed E-state index contributed by atoms with van der Waals surface area (Å²) in [6, 6.07) is 7.42. The molecule has 1 aromatic carbocycles. The summed E-state index contributed by atoms with van der Waals surface area (Å²) in [5, 5.41) is 0.670. The SMILES string of the molecule is COc1ccc(C)c2sc(N(CCN(C)C)C(=O)c3ccc(Cl)s3)nc12.Cl. The lowest BCUT2D eigenvalue weighted by atomic mass is 10.2. The van der Waals surface area contributed by atoms with E-state index in [0.29, 0.717) is 26.6 Å². The van der Waals surface area contributed by atoms with Gasteiger partial charge in [-0.3, -0.25) is 9.69 Å². The first-order chi connectivity index (χ1) is 12.4. The van der Waals surface area contributed by atoms with E-state index >= 15 is 0 Å². The quantitative estimate of drug-likeness (QED) is 0.537. The number of benzene rings is 1. The molecule has 0 aliphatic rings. The molecule has 5 nitrogen and oxygen atoms in total. The van der Waals surface area contributed by atoms with Crippen molar-refractivity contribution in [1.29, 1.82) is 0 Å². The lowest BCUT2D eigenvalue weighted by molar-refractivity contribution is 0.0989. The average molecular weight is 446 g/mol. The van der Waals surface area contributed by atoms with Crippen LogP contribution in [0.2, 0.25) is 4.34 Å². The standard InChI is InChI=1S/C18H20ClN3O2S2.ClH/c1-11-5-6-12(24-4)15-16(11)26-18(20-15)22(10-9-21(2)3)17(23)13-7-8-14(19)25-13;/h5-8H,9-10H2,1-4H3;1H. The Hall–Kier alpha value is -1.38. The van der Waals surface area contributed by atoms with Crippen LogP contribution >= 0.6 is 46.7 Å². The van der Waals surface area contributed by atoms with Crippen molar-refractivity contribution in [3.63, 3.8) is 0 Å². The molecule has 0 saturated carbocycles. The number of hydrogen-bond donors (Lipinski definition) is 0. The topological polar surface area (TPSA) is 45.7 Å². The summed E-state index contributed by atoms with van der Waals surface area (Å²) in [5.41, 5.74) is 1.91. The number of rotatable bonds is 6. The van der Waals surface area contributed by atoms with Crippen LogP contribution in [-0.4, -0.2) is 50.1 Å². The molecule has 3 aromatic rings. The summed E-state index contributed by atoms with van der Waals surface area (Å²) in [6.45, 7) is 3.31. The molecule has 9 heteroatoms. The number of aromatic nitrogens is 1. The van der Waals surface area contributed by atoms with Gasteiger partial charge in [-0.05, 0) is 44.8 Å². The minimum atomic E-state index is -0.0839. The molecule has 1 amide bonds. The number of hydrogen-bond acceptors (Lipinski definition) is 6. The van der Waals surface area contributed by atoms with E-state index in [1.54, 1.807) is 24.1 Å². The number of amides is 1. The third-order valence-corrected chi connectivity index (χ3v) is 6.38. The number of likely N-dealkylation sites (N-methyl/N-ethyl adjacent to an activating group) is 1. The van der Waals surface area contributed by atoms with E-state index in [-0.39, 0.29) is 18.3 Å². The van der Waals surface area contributed by atoms with E-state index in [2.05, 4.69) is 0 Å². The van der Waals surface area contributed by atoms with Crippen LogP contribution in [0.3, 0.4) is 0 Å². The molecule has 3 rings (SSSR count). The van der Waals surface area contributed by atoms with E-state index < -0.39 is 0 Å². The average Bonchev–Trinajstić information content (AvgIpc) is 3.22. The van der Waals surface area contributed by atoms with Crippen LogP contribution in [0.15, 0.2) is 24.3 Å². The van der Waals surface area contributed by atoms with Crippen molar-refractivity contribution in [2.75, 3.05) is 39.2 Å². The van der Waals surface area contributed by atoms with Gasteiger partial charge in [0.05, 0.1) is 21.0 Å². The zero-order chi connectivity index (χ0) is 18.8. The summed E-state index contributed by atoms with van der Waals surface area (Å²) in [4.78, 5) is 22.2. The first-order valence-corrected chi connectivity index (χ1v) is 10.1. The smallest absolute Gasteiger partial charge is 0.270 e. The fourth-order valence-corrected chi connectivity index (χ4v) is 4.59. The van der Waals surface area contributed by atoms with Gasteiger partial charge in [0.1, 0.15) is 11.3 Å². The van der Waals surface area contributed by atoms with Gasteiger partial charge in [0.25, 0.3) is 5.91 Å². The molecule has 0 spiro atoms. The number of thiophene rings is 1. The molecule has 0 fully saturated rings. The van der Waals surface area contributed by atoms with Gasteiger partial charge in [-0.1, -0.05) is 29.0 Å². The third-order valence-electron chi connectivity index (χ3n) is 3.94. The Morgan fingerprint density at radius 3 is 2.52 bits per heavy atom. The van der Waals surface area contributed by atoms with Crippen molar-refractivity contribution in [1.82, 2.24) is 9.88 Å². The number of nitrogens with zero attached hydrogens (tertiary/aromatic N) is 3. The summed E-state index contributed by atoms with van der Waals surface area (Å²) >= 11 is 8.81. The van der Waals surface area contributed by atoms with Crippen LogP contribution in [-0.2, 0) is 0 Å². The molecular formula is C18H21Cl2N3O2S2. The van der Waals surface area contributed by atoms with E-state index in [9.17, 15) is 4.79 Å². The minimum Gasteiger partial charge on any atom is -0.494 e. The van der Waals surface area contributed by atoms with Crippen molar-refractivity contribution < 1.29 is 9.53 Å². The summed E-state index contributed by atoms with van der Waals surface area (Å²) < 4.78 is 7.07. The van der Waals surface area contributed by atoms with Gasteiger partial charge in [0.15, 0.2) is 5.13 Å². The van der Waals surface area contributed by atoms with Gasteiger partial charge in [-0.15, -0.1) is 23.7 Å². The van der Waals surface area contributed by atoms with Gasteiger partial charge >= 0.3 is 0 Å². The van der Waals surface area contributed by atoms with Gasteiger partial charge in [-0.2, -0.15) is 0 Å². The lowest BCUT2D eigenvalue weighted by Gasteiger charge is -2.21. The molecule has 0 bridgehead atoms. The Bertz CT molecular complexity index is 940. The molecule has 0 aliphatic carbocycles. The normalized spacial score (nSPS) is 10.9. The number of carbonyl (C=O) groups excluding carboxylic acids is 1. The predicted octanol–water partition coefficient (Wildman–Crippen LogP) is 4.96. The van der Waals surface area contributed by atoms with Crippen molar-refractivity contribution in [2.24, 2.45) is 0 Å². The highest BCUT2D eigenvalue weighted by atomic mass is 35.5. The summed E-state index contributed by atoms with van der Waals surface area (Å²) in [7, 11) is 5.60. The molecule has 2 aromatic heterocycles.